The summed E-state index contributed by atoms with van der Waals surface area (Å²) in [5.74, 6) is -0.0508. The van der Waals surface area contributed by atoms with Crippen LogP contribution in [0.5, 0.6) is 5.75 Å². The molecule has 1 fully saturated rings. The average Bonchev–Trinajstić information content (AvgIpc) is 2.77. The molecule has 0 spiro atoms. The van der Waals surface area contributed by atoms with Crippen molar-refractivity contribution in [1.29, 1.82) is 0 Å². The van der Waals surface area contributed by atoms with Crippen LogP contribution in [0.1, 0.15) is 13.8 Å². The molecule has 0 aliphatic carbocycles. The van der Waals surface area contributed by atoms with Gasteiger partial charge in [-0.3, -0.25) is 4.79 Å². The summed E-state index contributed by atoms with van der Waals surface area (Å²) in [6.07, 6.45) is 0. The number of ether oxygens (including phenoxy) is 1. The molecule has 0 atom stereocenters. The molecule has 1 N–H and O–H groups in total. The first kappa shape index (κ1) is 24.3. The lowest BCUT2D eigenvalue weighted by atomic mass is 10.2. The van der Waals surface area contributed by atoms with Crippen molar-refractivity contribution in [2.45, 2.75) is 18.7 Å². The number of nitrogens with one attached hydrogen (secondary N) is 1. The lowest BCUT2D eigenvalue weighted by Crippen LogP contribution is -2.50. The van der Waals surface area contributed by atoms with Gasteiger partial charge < -0.3 is 14.5 Å². The van der Waals surface area contributed by atoms with Crippen LogP contribution in [0.4, 0.5) is 10.1 Å². The second-order valence-electron chi connectivity index (χ2n) is 7.97. The van der Waals surface area contributed by atoms with Crippen LogP contribution in [0.2, 0.25) is 5.02 Å². The van der Waals surface area contributed by atoms with Gasteiger partial charge in [-0.15, -0.1) is 0 Å². The summed E-state index contributed by atoms with van der Waals surface area (Å²) in [7, 11) is -3.66. The maximum absolute atomic E-state index is 13.1. The molecule has 0 unspecified atom stereocenters. The van der Waals surface area contributed by atoms with E-state index in [1.807, 2.05) is 13.8 Å². The summed E-state index contributed by atoms with van der Waals surface area (Å²) in [5.41, 5.74) is 0.916. The molecule has 0 bridgehead atoms. The van der Waals surface area contributed by atoms with Crippen molar-refractivity contribution < 1.29 is 22.3 Å². The number of carbonyl (C=O) groups is 1. The van der Waals surface area contributed by atoms with Crippen LogP contribution in [0.15, 0.2) is 47.4 Å². The fourth-order valence-corrected chi connectivity index (χ4v) is 4.76. The third-order valence-electron chi connectivity index (χ3n) is 5.07. The summed E-state index contributed by atoms with van der Waals surface area (Å²) < 4.78 is 45.8. The number of amides is 1. The number of carbonyl (C=O) groups excluding carboxylic acids is 1. The summed E-state index contributed by atoms with van der Waals surface area (Å²) in [4.78, 5) is 16.4. The molecule has 3 rings (SSSR count). The molecule has 0 saturated carbocycles. The van der Waals surface area contributed by atoms with Crippen molar-refractivity contribution >= 4 is 33.2 Å². The van der Waals surface area contributed by atoms with Gasteiger partial charge in [0.05, 0.1) is 9.92 Å². The Labute approximate surface area is 193 Å². The molecule has 2 aromatic rings. The number of nitrogens with zero attached hydrogens (tertiary/aromatic N) is 2. The largest absolute Gasteiger partial charge is 0.482 e. The lowest BCUT2D eigenvalue weighted by Gasteiger charge is -2.36. The van der Waals surface area contributed by atoms with Gasteiger partial charge in [0.1, 0.15) is 11.6 Å². The van der Waals surface area contributed by atoms with E-state index in [0.29, 0.717) is 32.7 Å². The lowest BCUT2D eigenvalue weighted by molar-refractivity contribution is -0.133. The number of anilines is 1. The first-order valence-electron chi connectivity index (χ1n) is 10.4. The number of rotatable bonds is 8. The SMILES string of the molecule is CC(C)CNS(=O)(=O)c1ccc(OCC(=O)N2CCN(c3ccc(F)cc3)CC2)c(Cl)c1. The number of hydrogen-bond donors (Lipinski definition) is 1. The molecule has 0 aromatic heterocycles. The van der Waals surface area contributed by atoms with E-state index in [4.69, 9.17) is 16.3 Å². The standard InChI is InChI=1S/C22H27ClFN3O4S/c1-16(2)14-25-32(29,30)19-7-8-21(20(23)13-19)31-15-22(28)27-11-9-26(10-12-27)18-5-3-17(24)4-6-18/h3-8,13,16,25H,9-12,14-15H2,1-2H3. The zero-order valence-electron chi connectivity index (χ0n) is 18.1. The minimum atomic E-state index is -3.66. The summed E-state index contributed by atoms with van der Waals surface area (Å²) in [5, 5.41) is 0.117. The number of halogens is 2. The Morgan fingerprint density at radius 1 is 1.12 bits per heavy atom. The first-order valence-corrected chi connectivity index (χ1v) is 12.2. The zero-order valence-corrected chi connectivity index (χ0v) is 19.6. The van der Waals surface area contributed by atoms with E-state index in [9.17, 15) is 17.6 Å². The topological polar surface area (TPSA) is 78.9 Å². The second kappa shape index (κ2) is 10.5. The molecule has 1 saturated heterocycles. The van der Waals surface area contributed by atoms with E-state index in [2.05, 4.69) is 9.62 Å². The van der Waals surface area contributed by atoms with Gasteiger partial charge in [0.2, 0.25) is 10.0 Å². The van der Waals surface area contributed by atoms with Crippen molar-refractivity contribution in [3.63, 3.8) is 0 Å². The molecule has 0 radical (unpaired) electrons. The number of sulfonamides is 1. The predicted molar refractivity (Wildman–Crippen MR) is 122 cm³/mol. The highest BCUT2D eigenvalue weighted by atomic mass is 35.5. The minimum absolute atomic E-state index is 0.0405. The quantitative estimate of drug-likeness (QED) is 0.624. The highest BCUT2D eigenvalue weighted by molar-refractivity contribution is 7.89. The third kappa shape index (κ3) is 6.34. The Morgan fingerprint density at radius 2 is 1.78 bits per heavy atom. The van der Waals surface area contributed by atoms with Gasteiger partial charge >= 0.3 is 0 Å². The van der Waals surface area contributed by atoms with E-state index >= 15 is 0 Å². The van der Waals surface area contributed by atoms with Gasteiger partial charge in [-0.1, -0.05) is 25.4 Å². The number of hydrogen-bond acceptors (Lipinski definition) is 5. The number of piperazine rings is 1. The van der Waals surface area contributed by atoms with E-state index < -0.39 is 10.0 Å². The van der Waals surface area contributed by atoms with Gasteiger partial charge in [-0.2, -0.15) is 0 Å². The monoisotopic (exact) mass is 483 g/mol. The number of benzene rings is 2. The van der Waals surface area contributed by atoms with Crippen LogP contribution in [-0.4, -0.2) is 58.6 Å². The Balaban J connectivity index is 1.52. The van der Waals surface area contributed by atoms with Gasteiger partial charge in [0.25, 0.3) is 5.91 Å². The van der Waals surface area contributed by atoms with Gasteiger partial charge in [-0.05, 0) is 48.4 Å². The van der Waals surface area contributed by atoms with Gasteiger partial charge in [-0.25, -0.2) is 17.5 Å². The van der Waals surface area contributed by atoms with Gasteiger partial charge in [0, 0.05) is 38.4 Å². The molecule has 1 aliphatic rings. The van der Waals surface area contributed by atoms with Crippen molar-refractivity contribution in [3.05, 3.63) is 53.3 Å². The normalized spacial score (nSPS) is 14.7. The van der Waals surface area contributed by atoms with Crippen LogP contribution in [0, 0.1) is 11.7 Å². The second-order valence-corrected chi connectivity index (χ2v) is 10.1. The molecule has 1 amide bonds. The van der Waals surface area contributed by atoms with Crippen LogP contribution in [-0.2, 0) is 14.8 Å². The average molecular weight is 484 g/mol. The summed E-state index contributed by atoms with van der Waals surface area (Å²) in [6, 6.07) is 10.4. The van der Waals surface area contributed by atoms with Crippen molar-refractivity contribution in [2.24, 2.45) is 5.92 Å². The Hall–Kier alpha value is -2.36. The maximum atomic E-state index is 13.1. The highest BCUT2D eigenvalue weighted by Gasteiger charge is 2.22. The van der Waals surface area contributed by atoms with Crippen molar-refractivity contribution in [2.75, 3.05) is 44.2 Å². The molecule has 1 heterocycles. The maximum Gasteiger partial charge on any atom is 0.260 e. The summed E-state index contributed by atoms with van der Waals surface area (Å²) in [6.45, 7) is 6.24. The third-order valence-corrected chi connectivity index (χ3v) is 6.79. The fraction of sp³-hybridized carbons (Fsp3) is 0.409. The molecule has 1 aliphatic heterocycles. The van der Waals surface area contributed by atoms with Crippen LogP contribution >= 0.6 is 11.6 Å². The smallest absolute Gasteiger partial charge is 0.260 e. The van der Waals surface area contributed by atoms with Crippen LogP contribution in [0.3, 0.4) is 0 Å². The highest BCUT2D eigenvalue weighted by Crippen LogP contribution is 2.27. The van der Waals surface area contributed by atoms with E-state index in [1.54, 1.807) is 17.0 Å². The Kier molecular flexibility index (Phi) is 7.97. The van der Waals surface area contributed by atoms with Crippen LogP contribution in [0.25, 0.3) is 0 Å². The molecule has 7 nitrogen and oxygen atoms in total. The van der Waals surface area contributed by atoms with Crippen molar-refractivity contribution in [3.8, 4) is 5.75 Å². The molecular weight excluding hydrogens is 457 g/mol. The van der Waals surface area contributed by atoms with Crippen LogP contribution < -0.4 is 14.4 Å². The zero-order chi connectivity index (χ0) is 23.3. The van der Waals surface area contributed by atoms with E-state index in [0.717, 1.165) is 5.69 Å². The predicted octanol–water partition coefficient (Wildman–Crippen LogP) is 3.14. The van der Waals surface area contributed by atoms with Crippen molar-refractivity contribution in [1.82, 2.24) is 9.62 Å². The molecule has 174 valence electrons. The first-order chi connectivity index (χ1) is 15.2. The van der Waals surface area contributed by atoms with E-state index in [1.165, 1.54) is 30.3 Å². The summed E-state index contributed by atoms with van der Waals surface area (Å²) >= 11 is 6.19. The van der Waals surface area contributed by atoms with Gasteiger partial charge in [0.15, 0.2) is 6.61 Å². The molecular formula is C22H27ClFN3O4S. The Bertz CT molecular complexity index is 1040. The fourth-order valence-electron chi connectivity index (χ4n) is 3.22. The molecule has 32 heavy (non-hydrogen) atoms. The molecule has 2 aromatic carbocycles. The molecule has 10 heteroatoms. The van der Waals surface area contributed by atoms with E-state index in [-0.39, 0.29) is 39.9 Å². The Morgan fingerprint density at radius 3 is 2.38 bits per heavy atom. The minimum Gasteiger partial charge on any atom is -0.482 e.